The van der Waals surface area contributed by atoms with Crippen molar-refractivity contribution < 1.29 is 0 Å². The van der Waals surface area contributed by atoms with Gasteiger partial charge in [0.05, 0.1) is 0 Å². The molecule has 3 aliphatic carbocycles. The van der Waals surface area contributed by atoms with E-state index < -0.39 is 0 Å². The Bertz CT molecular complexity index is 453. The number of hydrogen-bond donors (Lipinski definition) is 0. The van der Waals surface area contributed by atoms with Crippen molar-refractivity contribution >= 4 is 0 Å². The summed E-state index contributed by atoms with van der Waals surface area (Å²) in [6, 6.07) is 0. The van der Waals surface area contributed by atoms with Gasteiger partial charge in [-0.2, -0.15) is 0 Å². The maximum atomic E-state index is 2.62. The maximum absolute atomic E-state index is 2.62. The van der Waals surface area contributed by atoms with Gasteiger partial charge in [-0.3, -0.25) is 0 Å². The molecule has 0 N–H and O–H groups in total. The summed E-state index contributed by atoms with van der Waals surface area (Å²) in [6.45, 7) is 12.3. The second-order valence-corrected chi connectivity index (χ2v) is 8.66. The van der Waals surface area contributed by atoms with Gasteiger partial charge >= 0.3 is 0 Å². The van der Waals surface area contributed by atoms with Crippen molar-refractivity contribution in [3.8, 4) is 0 Å². The topological polar surface area (TPSA) is 0 Å². The maximum Gasteiger partial charge on any atom is -0.0141 e. The largest absolute Gasteiger partial charge is 0.0851 e. The third-order valence-electron chi connectivity index (χ3n) is 7.03. The molecule has 3 rings (SSSR count). The van der Waals surface area contributed by atoms with Crippen molar-refractivity contribution in [3.05, 3.63) is 23.3 Å². The molecule has 1 saturated carbocycles. The van der Waals surface area contributed by atoms with Crippen LogP contribution in [0.5, 0.6) is 0 Å². The van der Waals surface area contributed by atoms with E-state index in [1.54, 1.807) is 11.1 Å². The van der Waals surface area contributed by atoms with Crippen molar-refractivity contribution in [3.63, 3.8) is 0 Å². The van der Waals surface area contributed by atoms with Crippen LogP contribution in [0.4, 0.5) is 0 Å². The van der Waals surface area contributed by atoms with E-state index in [0.717, 1.165) is 17.8 Å². The minimum Gasteiger partial charge on any atom is -0.0851 e. The molecule has 0 aromatic carbocycles. The molecule has 0 radical (unpaired) electrons. The molecule has 0 nitrogen and oxygen atoms in total. The lowest BCUT2D eigenvalue weighted by Gasteiger charge is -2.54. The summed E-state index contributed by atoms with van der Waals surface area (Å²) in [5.41, 5.74) is 4.52. The van der Waals surface area contributed by atoms with Gasteiger partial charge in [-0.05, 0) is 74.0 Å². The summed E-state index contributed by atoms with van der Waals surface area (Å²) in [5.74, 6) is 2.53. The molecule has 0 heteroatoms. The van der Waals surface area contributed by atoms with Crippen molar-refractivity contribution in [2.24, 2.45) is 28.6 Å². The third-order valence-corrected chi connectivity index (χ3v) is 7.03. The van der Waals surface area contributed by atoms with Crippen LogP contribution in [0.15, 0.2) is 23.3 Å². The SMILES string of the molecule is CC1=CC[C@@]2(C)CC[C@@H]3C(C(C)C)=CC[C@@]3(C)[C@@H]2CC1. The Morgan fingerprint density at radius 2 is 1.85 bits per heavy atom. The lowest BCUT2D eigenvalue weighted by atomic mass is 9.50. The first kappa shape index (κ1) is 14.4. The lowest BCUT2D eigenvalue weighted by Crippen LogP contribution is -2.47. The molecular formula is C20H32. The number of hydrogen-bond acceptors (Lipinski definition) is 0. The molecule has 0 aliphatic heterocycles. The standard InChI is InChI=1S/C20H32/c1-14(2)16-9-13-20(5)17(16)10-12-19(4)11-8-15(3)6-7-18(19)20/h8-9,14,17-18H,6-7,10-13H2,1-5H3/t17-,18-,19+,20-/m1/s1. The number of fused-ring (bicyclic) bond motifs is 3. The molecule has 112 valence electrons. The van der Waals surface area contributed by atoms with Crippen LogP contribution in [0, 0.1) is 28.6 Å². The highest BCUT2D eigenvalue weighted by Crippen LogP contribution is 2.64. The molecule has 0 spiro atoms. The molecule has 20 heavy (non-hydrogen) atoms. The van der Waals surface area contributed by atoms with E-state index in [1.807, 2.05) is 0 Å². The molecule has 3 aliphatic rings. The Kier molecular flexibility index (Phi) is 3.42. The fourth-order valence-electron chi connectivity index (χ4n) is 5.77. The first-order valence-electron chi connectivity index (χ1n) is 8.72. The first-order valence-corrected chi connectivity index (χ1v) is 8.72. The normalized spacial score (nSPS) is 44.5. The summed E-state index contributed by atoms with van der Waals surface area (Å²) in [7, 11) is 0. The van der Waals surface area contributed by atoms with Crippen LogP contribution in [0.25, 0.3) is 0 Å². The first-order chi connectivity index (χ1) is 9.37. The fraction of sp³-hybridized carbons (Fsp3) is 0.800. The van der Waals surface area contributed by atoms with E-state index in [2.05, 4.69) is 46.8 Å². The highest BCUT2D eigenvalue weighted by Gasteiger charge is 2.55. The van der Waals surface area contributed by atoms with Gasteiger partial charge in [0.15, 0.2) is 0 Å². The highest BCUT2D eigenvalue weighted by molar-refractivity contribution is 5.26. The fourth-order valence-corrected chi connectivity index (χ4v) is 5.77. The highest BCUT2D eigenvalue weighted by atomic mass is 14.6. The van der Waals surface area contributed by atoms with Gasteiger partial charge in [-0.1, -0.05) is 51.0 Å². The van der Waals surface area contributed by atoms with Crippen molar-refractivity contribution in [1.82, 2.24) is 0 Å². The van der Waals surface area contributed by atoms with Gasteiger partial charge in [0.25, 0.3) is 0 Å². The van der Waals surface area contributed by atoms with E-state index >= 15 is 0 Å². The van der Waals surface area contributed by atoms with Crippen LogP contribution in [-0.4, -0.2) is 0 Å². The van der Waals surface area contributed by atoms with Crippen LogP contribution in [-0.2, 0) is 0 Å². The Hall–Kier alpha value is -0.520. The minimum absolute atomic E-state index is 0.547. The monoisotopic (exact) mass is 272 g/mol. The zero-order valence-corrected chi connectivity index (χ0v) is 14.1. The van der Waals surface area contributed by atoms with Gasteiger partial charge in [0.1, 0.15) is 0 Å². The van der Waals surface area contributed by atoms with Crippen molar-refractivity contribution in [2.45, 2.75) is 73.1 Å². The average molecular weight is 272 g/mol. The Labute approximate surface area is 125 Å². The van der Waals surface area contributed by atoms with Crippen LogP contribution >= 0.6 is 0 Å². The Morgan fingerprint density at radius 1 is 1.10 bits per heavy atom. The van der Waals surface area contributed by atoms with Crippen LogP contribution in [0.3, 0.4) is 0 Å². The summed E-state index contributed by atoms with van der Waals surface area (Å²) < 4.78 is 0. The van der Waals surface area contributed by atoms with Gasteiger partial charge in [0, 0.05) is 0 Å². The molecule has 0 unspecified atom stereocenters. The molecule has 4 atom stereocenters. The summed E-state index contributed by atoms with van der Waals surface area (Å²) in [5, 5.41) is 0. The molecule has 0 aromatic heterocycles. The molecule has 0 bridgehead atoms. The van der Waals surface area contributed by atoms with E-state index in [0.29, 0.717) is 10.8 Å². The zero-order valence-electron chi connectivity index (χ0n) is 14.1. The molecular weight excluding hydrogens is 240 g/mol. The number of rotatable bonds is 1. The second-order valence-electron chi connectivity index (χ2n) is 8.66. The molecule has 0 heterocycles. The van der Waals surface area contributed by atoms with E-state index in [4.69, 9.17) is 0 Å². The summed E-state index contributed by atoms with van der Waals surface area (Å²) >= 11 is 0. The smallest absolute Gasteiger partial charge is 0.0141 e. The average Bonchev–Trinajstić information content (AvgIpc) is 2.64. The van der Waals surface area contributed by atoms with Crippen molar-refractivity contribution in [1.29, 1.82) is 0 Å². The lowest BCUT2D eigenvalue weighted by molar-refractivity contribution is -0.0374. The number of allylic oxidation sites excluding steroid dienone is 4. The van der Waals surface area contributed by atoms with E-state index in [9.17, 15) is 0 Å². The summed E-state index contributed by atoms with van der Waals surface area (Å²) in [6.07, 6.45) is 13.5. The summed E-state index contributed by atoms with van der Waals surface area (Å²) in [4.78, 5) is 0. The van der Waals surface area contributed by atoms with Gasteiger partial charge in [-0.15, -0.1) is 0 Å². The van der Waals surface area contributed by atoms with Crippen LogP contribution < -0.4 is 0 Å². The third kappa shape index (κ3) is 2.02. The molecule has 0 aromatic rings. The Balaban J connectivity index is 1.93. The van der Waals surface area contributed by atoms with Crippen molar-refractivity contribution in [2.75, 3.05) is 0 Å². The predicted octanol–water partition coefficient (Wildman–Crippen LogP) is 6.14. The van der Waals surface area contributed by atoms with E-state index in [-0.39, 0.29) is 0 Å². The predicted molar refractivity (Wildman–Crippen MR) is 87.6 cm³/mol. The Morgan fingerprint density at radius 3 is 2.55 bits per heavy atom. The minimum atomic E-state index is 0.547. The second kappa shape index (κ2) is 4.75. The van der Waals surface area contributed by atoms with Gasteiger partial charge in [0.2, 0.25) is 0 Å². The van der Waals surface area contributed by atoms with Crippen LogP contribution in [0.1, 0.15) is 73.1 Å². The van der Waals surface area contributed by atoms with Gasteiger partial charge < -0.3 is 0 Å². The van der Waals surface area contributed by atoms with Gasteiger partial charge in [-0.25, -0.2) is 0 Å². The quantitative estimate of drug-likeness (QED) is 0.503. The van der Waals surface area contributed by atoms with Crippen LogP contribution in [0.2, 0.25) is 0 Å². The molecule has 1 fully saturated rings. The zero-order chi connectivity index (χ0) is 14.5. The molecule has 0 amide bonds. The molecule has 0 saturated heterocycles. The van der Waals surface area contributed by atoms with E-state index in [1.165, 1.54) is 38.5 Å².